The summed E-state index contributed by atoms with van der Waals surface area (Å²) in [6, 6.07) is 0. The van der Waals surface area contributed by atoms with Crippen LogP contribution in [0.3, 0.4) is 0 Å². The predicted octanol–water partition coefficient (Wildman–Crippen LogP) is 0.341. The molecule has 0 aromatic heterocycles. The molecule has 118 valence electrons. The van der Waals surface area contributed by atoms with E-state index in [9.17, 15) is 19.2 Å². The molecule has 0 saturated carbocycles. The number of carbonyl (C=O) groups excluding carboxylic acids is 4. The van der Waals surface area contributed by atoms with Crippen molar-refractivity contribution >= 4 is 24.1 Å². The second-order valence-electron chi connectivity index (χ2n) is 3.28. The molecule has 0 atom stereocenters. The van der Waals surface area contributed by atoms with Gasteiger partial charge in [0.25, 0.3) is 0 Å². The first-order chi connectivity index (χ1) is 9.90. The van der Waals surface area contributed by atoms with E-state index in [2.05, 4.69) is 19.1 Å². The highest BCUT2D eigenvalue weighted by Crippen LogP contribution is 1.96. The Kier molecular flexibility index (Phi) is 8.73. The summed E-state index contributed by atoms with van der Waals surface area (Å²) >= 11 is 0. The average Bonchev–Trinajstić information content (AvgIpc) is 2.43. The van der Waals surface area contributed by atoms with Crippen molar-refractivity contribution in [3.63, 3.8) is 0 Å². The predicted molar refractivity (Wildman–Crippen MR) is 66.3 cm³/mol. The molecule has 0 saturated heterocycles. The minimum absolute atomic E-state index is 0.101. The zero-order valence-corrected chi connectivity index (χ0v) is 11.8. The maximum Gasteiger partial charge on any atom is 0.440 e. The van der Waals surface area contributed by atoms with Crippen LogP contribution in [0.4, 0.5) is 9.59 Å². The largest absolute Gasteiger partial charge is 0.448 e. The summed E-state index contributed by atoms with van der Waals surface area (Å²) in [4.78, 5) is 52.8. The van der Waals surface area contributed by atoms with Gasteiger partial charge < -0.3 is 19.1 Å². The van der Waals surface area contributed by atoms with Crippen molar-refractivity contribution in [1.82, 2.24) is 11.0 Å². The van der Waals surface area contributed by atoms with Crippen LogP contribution in [0.15, 0.2) is 11.6 Å². The van der Waals surface area contributed by atoms with Gasteiger partial charge >= 0.3 is 24.1 Å². The van der Waals surface area contributed by atoms with Crippen molar-refractivity contribution in [2.45, 2.75) is 20.8 Å². The molecule has 2 amide bonds. The Hall–Kier alpha value is -2.78. The minimum atomic E-state index is -1.03. The van der Waals surface area contributed by atoms with E-state index in [1.807, 2.05) is 0 Å². The Morgan fingerprint density at radius 2 is 1.38 bits per heavy atom. The van der Waals surface area contributed by atoms with Gasteiger partial charge in [-0.15, -0.1) is 11.0 Å². The number of nitrogens with one attached hydrogen (secondary N) is 2. The third kappa shape index (κ3) is 8.86. The van der Waals surface area contributed by atoms with Crippen LogP contribution in [-0.2, 0) is 28.7 Å². The van der Waals surface area contributed by atoms with Gasteiger partial charge in [-0.05, 0) is 20.8 Å². The van der Waals surface area contributed by atoms with E-state index in [4.69, 9.17) is 0 Å². The van der Waals surface area contributed by atoms with Crippen LogP contribution in [0.1, 0.15) is 20.8 Å². The van der Waals surface area contributed by atoms with Crippen LogP contribution in [-0.4, -0.2) is 37.3 Å². The lowest BCUT2D eigenvalue weighted by atomic mass is 10.3. The lowest BCUT2D eigenvalue weighted by molar-refractivity contribution is -0.147. The van der Waals surface area contributed by atoms with Crippen molar-refractivity contribution in [1.29, 1.82) is 0 Å². The van der Waals surface area contributed by atoms with E-state index in [1.165, 1.54) is 6.92 Å². The molecule has 0 aliphatic carbocycles. The van der Waals surface area contributed by atoms with Crippen molar-refractivity contribution in [2.24, 2.45) is 0 Å². The maximum atomic E-state index is 11.3. The zero-order valence-electron chi connectivity index (χ0n) is 11.8. The number of hydrogen-bond donors (Lipinski definition) is 2. The molecule has 0 spiro atoms. The molecule has 0 unspecified atom stereocenters. The molecule has 10 heteroatoms. The zero-order chi connectivity index (χ0) is 16.3. The summed E-state index contributed by atoms with van der Waals surface area (Å²) in [5, 5.41) is 0. The second kappa shape index (κ2) is 10.1. The fraction of sp³-hybridized carbons (Fsp3) is 0.455. The van der Waals surface area contributed by atoms with Crippen LogP contribution in [0.2, 0.25) is 0 Å². The fourth-order valence-corrected chi connectivity index (χ4v) is 0.847. The van der Waals surface area contributed by atoms with Crippen molar-refractivity contribution in [3.05, 3.63) is 11.6 Å². The van der Waals surface area contributed by atoms with Crippen LogP contribution in [0, 0.1) is 0 Å². The highest BCUT2D eigenvalue weighted by Gasteiger charge is 2.12. The maximum absolute atomic E-state index is 11.3. The quantitative estimate of drug-likeness (QED) is 0.432. The van der Waals surface area contributed by atoms with E-state index in [0.29, 0.717) is 0 Å². The monoisotopic (exact) mass is 304 g/mol. The molecular weight excluding hydrogens is 288 g/mol. The molecule has 0 heterocycles. The van der Waals surface area contributed by atoms with Gasteiger partial charge in [-0.25, -0.2) is 19.2 Å². The summed E-state index contributed by atoms with van der Waals surface area (Å²) in [6.07, 6.45) is -1.16. The van der Waals surface area contributed by atoms with Crippen LogP contribution in [0.5, 0.6) is 0 Å². The third-order valence-corrected chi connectivity index (χ3v) is 1.67. The lowest BCUT2D eigenvalue weighted by Crippen LogP contribution is -2.29. The van der Waals surface area contributed by atoms with Gasteiger partial charge in [0.15, 0.2) is 0 Å². The van der Waals surface area contributed by atoms with Gasteiger partial charge in [0.1, 0.15) is 0 Å². The Labute approximate surface area is 120 Å². The van der Waals surface area contributed by atoms with Crippen molar-refractivity contribution in [3.8, 4) is 0 Å². The molecule has 0 fully saturated rings. The molecule has 0 bridgehead atoms. The van der Waals surface area contributed by atoms with Crippen LogP contribution in [0.25, 0.3) is 0 Å². The minimum Gasteiger partial charge on any atom is -0.448 e. The molecule has 0 aliphatic heterocycles. The topological polar surface area (TPSA) is 129 Å². The van der Waals surface area contributed by atoms with Gasteiger partial charge in [0.2, 0.25) is 0 Å². The summed E-state index contributed by atoms with van der Waals surface area (Å²) in [5.74, 6) is -2.04. The van der Waals surface area contributed by atoms with Crippen molar-refractivity contribution in [2.75, 3.05) is 13.2 Å². The second-order valence-corrected chi connectivity index (χ2v) is 3.28. The molecule has 10 nitrogen and oxygen atoms in total. The van der Waals surface area contributed by atoms with E-state index in [-0.39, 0.29) is 18.8 Å². The first-order valence-corrected chi connectivity index (χ1v) is 5.86. The average molecular weight is 304 g/mol. The number of hydroxylamine groups is 2. The highest BCUT2D eigenvalue weighted by molar-refractivity contribution is 5.96. The van der Waals surface area contributed by atoms with Gasteiger partial charge in [-0.1, -0.05) is 0 Å². The molecule has 0 radical (unpaired) electrons. The first-order valence-electron chi connectivity index (χ1n) is 5.86. The Morgan fingerprint density at radius 1 is 0.905 bits per heavy atom. The molecule has 0 aliphatic rings. The van der Waals surface area contributed by atoms with E-state index < -0.39 is 24.1 Å². The highest BCUT2D eigenvalue weighted by atomic mass is 16.7. The van der Waals surface area contributed by atoms with E-state index in [0.717, 1.165) is 6.08 Å². The Morgan fingerprint density at radius 3 is 1.86 bits per heavy atom. The molecular formula is C11H16N2O8. The molecule has 0 aromatic rings. The number of ether oxygens (including phenoxy) is 2. The number of amides is 2. The Bertz CT molecular complexity index is 432. The molecule has 0 aromatic carbocycles. The van der Waals surface area contributed by atoms with Gasteiger partial charge in [0.05, 0.1) is 13.2 Å². The van der Waals surface area contributed by atoms with Gasteiger partial charge in [0, 0.05) is 11.6 Å². The van der Waals surface area contributed by atoms with Crippen LogP contribution < -0.4 is 11.0 Å². The standard InChI is InChI=1S/C11H16N2O8/c1-4-18-10(16)12-20-8(14)6-7(3)9(15)21-13-11(17)19-5-2/h6H,4-5H2,1-3H3,(H,12,16)(H,13,17)/b7-6+. The van der Waals surface area contributed by atoms with Crippen molar-refractivity contribution < 1.29 is 38.3 Å². The molecule has 2 N–H and O–H groups in total. The lowest BCUT2D eigenvalue weighted by Gasteiger charge is -2.06. The first kappa shape index (κ1) is 18.2. The third-order valence-electron chi connectivity index (χ3n) is 1.67. The summed E-state index contributed by atoms with van der Waals surface area (Å²) in [5.41, 5.74) is 3.23. The summed E-state index contributed by atoms with van der Waals surface area (Å²) in [7, 11) is 0. The van der Waals surface area contributed by atoms with Gasteiger partial charge in [-0.2, -0.15) is 0 Å². The molecule has 21 heavy (non-hydrogen) atoms. The smallest absolute Gasteiger partial charge is 0.440 e. The van der Waals surface area contributed by atoms with E-state index in [1.54, 1.807) is 24.8 Å². The van der Waals surface area contributed by atoms with Crippen LogP contribution >= 0.6 is 0 Å². The molecule has 0 rings (SSSR count). The fourth-order valence-electron chi connectivity index (χ4n) is 0.847. The summed E-state index contributed by atoms with van der Waals surface area (Å²) in [6.45, 7) is 4.58. The normalized spacial score (nSPS) is 10.1. The number of rotatable bonds is 4. The summed E-state index contributed by atoms with van der Waals surface area (Å²) < 4.78 is 8.87. The van der Waals surface area contributed by atoms with E-state index >= 15 is 0 Å². The Balaban J connectivity index is 4.19. The number of hydrogen-bond acceptors (Lipinski definition) is 8. The number of carbonyl (C=O) groups is 4. The SMILES string of the molecule is CCOC(=O)NOC(=O)/C=C(\C)C(=O)ONC(=O)OCC. The van der Waals surface area contributed by atoms with Gasteiger partial charge in [-0.3, -0.25) is 0 Å².